The fraction of sp³-hybridized carbons (Fsp3) is 1.00. The summed E-state index contributed by atoms with van der Waals surface area (Å²) in [5, 5.41) is 0. The van der Waals surface area contributed by atoms with Crippen LogP contribution in [0.25, 0.3) is 0 Å². The van der Waals surface area contributed by atoms with Gasteiger partial charge in [0.1, 0.15) is 0 Å². The zero-order valence-electron chi connectivity index (χ0n) is 15.8. The van der Waals surface area contributed by atoms with Gasteiger partial charge in [-0.05, 0) is 58.5 Å². The second kappa shape index (κ2) is 11.4. The van der Waals surface area contributed by atoms with E-state index in [0.717, 1.165) is 19.1 Å². The second-order valence-corrected chi connectivity index (χ2v) is 6.89. The van der Waals surface area contributed by atoms with Gasteiger partial charge in [-0.1, -0.05) is 27.2 Å². The fourth-order valence-electron chi connectivity index (χ4n) is 3.53. The molecule has 0 unspecified atom stereocenters. The summed E-state index contributed by atoms with van der Waals surface area (Å²) in [4.78, 5) is 5.16. The van der Waals surface area contributed by atoms with Gasteiger partial charge in [-0.2, -0.15) is 0 Å². The van der Waals surface area contributed by atoms with Gasteiger partial charge in [-0.3, -0.25) is 0 Å². The number of ether oxygens (including phenoxy) is 1. The van der Waals surface area contributed by atoms with Crippen LogP contribution < -0.4 is 0 Å². The van der Waals surface area contributed by atoms with Crippen LogP contribution in [0.1, 0.15) is 66.7 Å². The van der Waals surface area contributed by atoms with E-state index in [0.29, 0.717) is 12.1 Å². The molecular weight excluding hydrogens is 272 g/mol. The van der Waals surface area contributed by atoms with Crippen LogP contribution in [0.15, 0.2) is 0 Å². The van der Waals surface area contributed by atoms with Crippen molar-refractivity contribution in [2.45, 2.75) is 78.9 Å². The Morgan fingerprint density at radius 1 is 0.955 bits per heavy atom. The Hall–Kier alpha value is -0.120. The van der Waals surface area contributed by atoms with Crippen LogP contribution in [0, 0.1) is 5.92 Å². The van der Waals surface area contributed by atoms with E-state index in [4.69, 9.17) is 4.74 Å². The highest BCUT2D eigenvalue weighted by molar-refractivity contribution is 4.75. The number of hydrogen-bond acceptors (Lipinski definition) is 3. The van der Waals surface area contributed by atoms with E-state index in [1.807, 2.05) is 13.8 Å². The number of nitrogens with zero attached hydrogens (tertiary/aromatic N) is 2. The van der Waals surface area contributed by atoms with Crippen molar-refractivity contribution in [3.05, 3.63) is 0 Å². The van der Waals surface area contributed by atoms with E-state index in [-0.39, 0.29) is 0 Å². The van der Waals surface area contributed by atoms with Gasteiger partial charge in [0.25, 0.3) is 0 Å². The Kier molecular flexibility index (Phi) is 10.3. The quantitative estimate of drug-likeness (QED) is 0.736. The zero-order valence-corrected chi connectivity index (χ0v) is 15.8. The monoisotopic (exact) mass is 312 g/mol. The molecule has 0 bridgehead atoms. The van der Waals surface area contributed by atoms with Crippen LogP contribution >= 0.6 is 0 Å². The molecule has 0 amide bonds. The van der Waals surface area contributed by atoms with Crippen molar-refractivity contribution in [2.24, 2.45) is 5.92 Å². The maximum Gasteiger partial charge on any atom is 0.0600 e. The molecule has 3 heteroatoms. The third-order valence-corrected chi connectivity index (χ3v) is 5.25. The number of rotatable bonds is 6. The van der Waals surface area contributed by atoms with Gasteiger partial charge in [-0.25, -0.2) is 0 Å². The molecule has 132 valence electrons. The summed E-state index contributed by atoms with van der Waals surface area (Å²) >= 11 is 0. The minimum absolute atomic E-state index is 0.512. The maximum absolute atomic E-state index is 6.10. The van der Waals surface area contributed by atoms with E-state index in [9.17, 15) is 0 Å². The van der Waals surface area contributed by atoms with Crippen LogP contribution in [-0.2, 0) is 4.74 Å². The lowest BCUT2D eigenvalue weighted by Crippen LogP contribution is -2.42. The third kappa shape index (κ3) is 6.97. The highest BCUT2D eigenvalue weighted by Crippen LogP contribution is 2.20. The average Bonchev–Trinajstić information content (AvgIpc) is 2.58. The molecule has 2 aliphatic heterocycles. The van der Waals surface area contributed by atoms with Crippen LogP contribution in [0.3, 0.4) is 0 Å². The lowest BCUT2D eigenvalue weighted by molar-refractivity contribution is -0.00967. The predicted molar refractivity (Wildman–Crippen MR) is 96.5 cm³/mol. The summed E-state index contributed by atoms with van der Waals surface area (Å²) < 4.78 is 6.10. The highest BCUT2D eigenvalue weighted by Gasteiger charge is 2.22. The topological polar surface area (TPSA) is 15.7 Å². The van der Waals surface area contributed by atoms with E-state index >= 15 is 0 Å². The second-order valence-electron chi connectivity index (χ2n) is 6.89. The summed E-state index contributed by atoms with van der Waals surface area (Å²) in [6.45, 7) is 18.0. The van der Waals surface area contributed by atoms with Crippen molar-refractivity contribution in [1.82, 2.24) is 9.80 Å². The number of hydrogen-bond donors (Lipinski definition) is 0. The fourth-order valence-corrected chi connectivity index (χ4v) is 3.53. The first-order chi connectivity index (χ1) is 10.7. The van der Waals surface area contributed by atoms with E-state index in [1.54, 1.807) is 0 Å². The Labute approximate surface area is 139 Å². The van der Waals surface area contributed by atoms with E-state index < -0.39 is 0 Å². The predicted octanol–water partition coefficient (Wildman–Crippen LogP) is 4.02. The molecule has 0 aromatic heterocycles. The normalized spacial score (nSPS) is 22.6. The minimum atomic E-state index is 0.512. The maximum atomic E-state index is 6.10. The molecule has 0 aromatic rings. The summed E-state index contributed by atoms with van der Waals surface area (Å²) in [6, 6.07) is 0.691. The van der Waals surface area contributed by atoms with E-state index in [2.05, 4.69) is 30.6 Å². The highest BCUT2D eigenvalue weighted by atomic mass is 16.5. The minimum Gasteiger partial charge on any atom is -0.377 e. The van der Waals surface area contributed by atoms with Crippen LogP contribution in [0.5, 0.6) is 0 Å². The summed E-state index contributed by atoms with van der Waals surface area (Å²) in [6.07, 6.45) is 7.09. The summed E-state index contributed by atoms with van der Waals surface area (Å²) in [5.41, 5.74) is 0. The first-order valence-corrected chi connectivity index (χ1v) is 9.77. The Balaban J connectivity index is 0.00000116. The van der Waals surface area contributed by atoms with E-state index in [1.165, 1.54) is 58.3 Å². The molecule has 0 aromatic carbocycles. The first kappa shape index (κ1) is 19.9. The molecule has 0 saturated carbocycles. The van der Waals surface area contributed by atoms with Crippen LogP contribution in [-0.4, -0.2) is 61.3 Å². The van der Waals surface area contributed by atoms with Crippen molar-refractivity contribution < 1.29 is 4.74 Å². The Bertz CT molecular complexity index is 254. The standard InChI is InChI=1S/C17H34N2O.C2H6/c1-4-16-5-9-18(10-6-16)13-14-20-17-7-11-19(12-8-17)15(2)3;1-2/h15-17H,4-14H2,1-3H3;1-2H3. The van der Waals surface area contributed by atoms with Crippen molar-refractivity contribution in [1.29, 1.82) is 0 Å². The van der Waals surface area contributed by atoms with Gasteiger partial charge in [0.15, 0.2) is 0 Å². The third-order valence-electron chi connectivity index (χ3n) is 5.25. The molecule has 2 rings (SSSR count). The van der Waals surface area contributed by atoms with Gasteiger partial charge < -0.3 is 14.5 Å². The lowest BCUT2D eigenvalue weighted by Gasteiger charge is -2.35. The van der Waals surface area contributed by atoms with Crippen LogP contribution in [0.2, 0.25) is 0 Å². The molecule has 2 aliphatic rings. The van der Waals surface area contributed by atoms with Gasteiger partial charge in [-0.15, -0.1) is 0 Å². The average molecular weight is 313 g/mol. The molecular formula is C19H40N2O. The van der Waals surface area contributed by atoms with Gasteiger partial charge in [0.2, 0.25) is 0 Å². The SMILES string of the molecule is CC.CCC1CCN(CCOC2CCN(C(C)C)CC2)CC1. The summed E-state index contributed by atoms with van der Waals surface area (Å²) in [7, 11) is 0. The molecule has 22 heavy (non-hydrogen) atoms. The number of piperidine rings is 2. The van der Waals surface area contributed by atoms with Crippen molar-refractivity contribution in [2.75, 3.05) is 39.3 Å². The lowest BCUT2D eigenvalue weighted by atomic mass is 9.94. The molecule has 2 heterocycles. The molecule has 2 saturated heterocycles. The Morgan fingerprint density at radius 2 is 1.55 bits per heavy atom. The first-order valence-electron chi connectivity index (χ1n) is 9.77. The Morgan fingerprint density at radius 3 is 2.05 bits per heavy atom. The van der Waals surface area contributed by atoms with Crippen LogP contribution in [0.4, 0.5) is 0 Å². The molecule has 0 radical (unpaired) electrons. The molecule has 0 spiro atoms. The van der Waals surface area contributed by atoms with Gasteiger partial charge in [0, 0.05) is 25.7 Å². The van der Waals surface area contributed by atoms with Crippen molar-refractivity contribution >= 4 is 0 Å². The molecule has 2 fully saturated rings. The van der Waals surface area contributed by atoms with Gasteiger partial charge in [0.05, 0.1) is 12.7 Å². The van der Waals surface area contributed by atoms with Crippen molar-refractivity contribution in [3.8, 4) is 0 Å². The molecule has 0 atom stereocenters. The zero-order chi connectivity index (χ0) is 16.4. The van der Waals surface area contributed by atoms with Crippen molar-refractivity contribution in [3.63, 3.8) is 0 Å². The molecule has 3 nitrogen and oxygen atoms in total. The smallest absolute Gasteiger partial charge is 0.0600 e. The molecule has 0 N–H and O–H groups in total. The van der Waals surface area contributed by atoms with Gasteiger partial charge >= 0.3 is 0 Å². The molecule has 0 aliphatic carbocycles. The number of likely N-dealkylation sites (tertiary alicyclic amines) is 2. The summed E-state index contributed by atoms with van der Waals surface area (Å²) in [5.74, 6) is 0.979. The largest absolute Gasteiger partial charge is 0.377 e.